The van der Waals surface area contributed by atoms with Gasteiger partial charge < -0.3 is 10.1 Å². The van der Waals surface area contributed by atoms with E-state index in [0.717, 1.165) is 23.7 Å². The third-order valence-corrected chi connectivity index (χ3v) is 4.49. The summed E-state index contributed by atoms with van der Waals surface area (Å²) in [5.74, 6) is 0.940. The standard InChI is InChI=1S/C17H24N2OS/c1-5-14(4)18-9-15-10-19-17(21-15)11-20-16-7-6-12(2)8-13(16)3/h6-8,10,14,18H,5,9,11H2,1-4H3. The Labute approximate surface area is 131 Å². The molecule has 1 aromatic heterocycles. The molecule has 3 nitrogen and oxygen atoms in total. The molecular weight excluding hydrogens is 280 g/mol. The van der Waals surface area contributed by atoms with Crippen LogP contribution in [0.15, 0.2) is 24.4 Å². The van der Waals surface area contributed by atoms with Crippen molar-refractivity contribution in [1.29, 1.82) is 0 Å². The highest BCUT2D eigenvalue weighted by molar-refractivity contribution is 7.11. The highest BCUT2D eigenvalue weighted by atomic mass is 32.1. The van der Waals surface area contributed by atoms with Gasteiger partial charge in [-0.1, -0.05) is 24.6 Å². The summed E-state index contributed by atoms with van der Waals surface area (Å²) in [4.78, 5) is 5.69. The van der Waals surface area contributed by atoms with Gasteiger partial charge in [0.25, 0.3) is 0 Å². The fourth-order valence-electron chi connectivity index (χ4n) is 2.02. The van der Waals surface area contributed by atoms with Gasteiger partial charge in [-0.2, -0.15) is 0 Å². The van der Waals surface area contributed by atoms with Crippen molar-refractivity contribution in [2.45, 2.75) is 53.3 Å². The highest BCUT2D eigenvalue weighted by Crippen LogP contribution is 2.21. The number of hydrogen-bond acceptors (Lipinski definition) is 4. The average molecular weight is 304 g/mol. The minimum atomic E-state index is 0.540. The van der Waals surface area contributed by atoms with Crippen LogP contribution >= 0.6 is 11.3 Å². The maximum absolute atomic E-state index is 5.87. The quantitative estimate of drug-likeness (QED) is 0.831. The first-order chi connectivity index (χ1) is 10.1. The number of rotatable bonds is 7. The normalized spacial score (nSPS) is 12.4. The molecule has 0 aliphatic carbocycles. The van der Waals surface area contributed by atoms with E-state index in [1.165, 1.54) is 16.0 Å². The molecule has 2 rings (SSSR count). The second-order valence-electron chi connectivity index (χ2n) is 5.47. The first-order valence-corrected chi connectivity index (χ1v) is 8.27. The van der Waals surface area contributed by atoms with Gasteiger partial charge >= 0.3 is 0 Å². The average Bonchev–Trinajstić information content (AvgIpc) is 2.92. The number of aromatic nitrogens is 1. The number of benzene rings is 1. The van der Waals surface area contributed by atoms with Crippen LogP contribution in [0.5, 0.6) is 5.75 Å². The van der Waals surface area contributed by atoms with Crippen molar-refractivity contribution < 1.29 is 4.74 Å². The Morgan fingerprint density at radius 2 is 2.14 bits per heavy atom. The molecule has 0 saturated heterocycles. The van der Waals surface area contributed by atoms with E-state index in [4.69, 9.17) is 4.74 Å². The summed E-state index contributed by atoms with van der Waals surface area (Å²) in [6.07, 6.45) is 3.09. The maximum atomic E-state index is 5.87. The second-order valence-corrected chi connectivity index (χ2v) is 6.67. The molecule has 0 fully saturated rings. The largest absolute Gasteiger partial charge is 0.486 e. The van der Waals surface area contributed by atoms with Crippen molar-refractivity contribution in [2.75, 3.05) is 0 Å². The monoisotopic (exact) mass is 304 g/mol. The Morgan fingerprint density at radius 3 is 2.86 bits per heavy atom. The smallest absolute Gasteiger partial charge is 0.140 e. The minimum absolute atomic E-state index is 0.540. The van der Waals surface area contributed by atoms with Gasteiger partial charge in [0.15, 0.2) is 0 Å². The maximum Gasteiger partial charge on any atom is 0.140 e. The third-order valence-electron chi connectivity index (χ3n) is 3.52. The van der Waals surface area contributed by atoms with Gasteiger partial charge in [-0.25, -0.2) is 4.98 Å². The van der Waals surface area contributed by atoms with Crippen molar-refractivity contribution in [3.05, 3.63) is 45.4 Å². The summed E-state index contributed by atoms with van der Waals surface area (Å²) >= 11 is 1.71. The van der Waals surface area contributed by atoms with E-state index in [9.17, 15) is 0 Å². The molecule has 0 aliphatic rings. The molecule has 0 radical (unpaired) electrons. The summed E-state index contributed by atoms with van der Waals surface area (Å²) in [5, 5.41) is 4.50. The lowest BCUT2D eigenvalue weighted by Gasteiger charge is -2.09. The van der Waals surface area contributed by atoms with Gasteiger partial charge in [0.2, 0.25) is 0 Å². The van der Waals surface area contributed by atoms with E-state index in [2.05, 4.69) is 50.1 Å². The molecule has 1 unspecified atom stereocenters. The SMILES string of the molecule is CCC(C)NCc1cnc(COc2ccc(C)cc2C)s1. The molecule has 0 bridgehead atoms. The minimum Gasteiger partial charge on any atom is -0.486 e. The molecule has 2 aromatic rings. The van der Waals surface area contributed by atoms with E-state index in [-0.39, 0.29) is 0 Å². The van der Waals surface area contributed by atoms with Gasteiger partial charge in [0.05, 0.1) is 0 Å². The van der Waals surface area contributed by atoms with E-state index >= 15 is 0 Å². The number of thiazole rings is 1. The van der Waals surface area contributed by atoms with Crippen molar-refractivity contribution >= 4 is 11.3 Å². The molecule has 0 spiro atoms. The predicted molar refractivity (Wildman–Crippen MR) is 89.0 cm³/mol. The van der Waals surface area contributed by atoms with Crippen LogP contribution in [-0.4, -0.2) is 11.0 Å². The van der Waals surface area contributed by atoms with Crippen molar-refractivity contribution in [2.24, 2.45) is 0 Å². The predicted octanol–water partition coefficient (Wildman–Crippen LogP) is 4.23. The number of aryl methyl sites for hydroxylation is 2. The van der Waals surface area contributed by atoms with Crippen molar-refractivity contribution in [3.63, 3.8) is 0 Å². The molecular formula is C17H24N2OS. The zero-order valence-corrected chi connectivity index (χ0v) is 14.1. The highest BCUT2D eigenvalue weighted by Gasteiger charge is 2.06. The van der Waals surface area contributed by atoms with Gasteiger partial charge in [-0.15, -0.1) is 11.3 Å². The van der Waals surface area contributed by atoms with Crippen LogP contribution < -0.4 is 10.1 Å². The lowest BCUT2D eigenvalue weighted by atomic mass is 10.1. The summed E-state index contributed by atoms with van der Waals surface area (Å²) in [6, 6.07) is 6.79. The van der Waals surface area contributed by atoms with Gasteiger partial charge in [-0.3, -0.25) is 0 Å². The molecule has 4 heteroatoms. The summed E-state index contributed by atoms with van der Waals surface area (Å²) in [7, 11) is 0. The first kappa shape index (κ1) is 16.0. The summed E-state index contributed by atoms with van der Waals surface area (Å²) in [6.45, 7) is 9.98. The molecule has 1 atom stereocenters. The third kappa shape index (κ3) is 4.83. The van der Waals surface area contributed by atoms with Crippen LogP contribution in [0, 0.1) is 13.8 Å². The topological polar surface area (TPSA) is 34.2 Å². The summed E-state index contributed by atoms with van der Waals surface area (Å²) in [5.41, 5.74) is 2.43. The van der Waals surface area contributed by atoms with Crippen LogP contribution in [-0.2, 0) is 13.2 Å². The van der Waals surface area contributed by atoms with Gasteiger partial charge in [-0.05, 0) is 38.8 Å². The van der Waals surface area contributed by atoms with Crippen LogP contribution in [0.3, 0.4) is 0 Å². The first-order valence-electron chi connectivity index (χ1n) is 7.45. The molecule has 1 heterocycles. The van der Waals surface area contributed by atoms with Gasteiger partial charge in [0.1, 0.15) is 17.4 Å². The number of hydrogen-bond donors (Lipinski definition) is 1. The molecule has 1 aromatic carbocycles. The van der Waals surface area contributed by atoms with E-state index < -0.39 is 0 Å². The molecule has 0 saturated carbocycles. The molecule has 114 valence electrons. The number of ether oxygens (including phenoxy) is 1. The molecule has 0 amide bonds. The Hall–Kier alpha value is -1.39. The Morgan fingerprint density at radius 1 is 1.33 bits per heavy atom. The summed E-state index contributed by atoms with van der Waals surface area (Å²) < 4.78 is 5.87. The molecule has 1 N–H and O–H groups in total. The Balaban J connectivity index is 1.87. The van der Waals surface area contributed by atoms with Crippen LogP contribution in [0.4, 0.5) is 0 Å². The number of nitrogens with zero attached hydrogens (tertiary/aromatic N) is 1. The van der Waals surface area contributed by atoms with E-state index in [1.807, 2.05) is 12.3 Å². The molecule has 21 heavy (non-hydrogen) atoms. The van der Waals surface area contributed by atoms with Crippen LogP contribution in [0.25, 0.3) is 0 Å². The fourth-order valence-corrected chi connectivity index (χ4v) is 2.80. The Bertz CT molecular complexity index is 580. The molecule has 0 aliphatic heterocycles. The number of nitrogens with one attached hydrogen (secondary N) is 1. The van der Waals surface area contributed by atoms with Crippen molar-refractivity contribution in [1.82, 2.24) is 10.3 Å². The Kier molecular flexibility index (Phi) is 5.76. The van der Waals surface area contributed by atoms with Crippen LogP contribution in [0.1, 0.15) is 41.3 Å². The van der Waals surface area contributed by atoms with E-state index in [1.54, 1.807) is 11.3 Å². The zero-order chi connectivity index (χ0) is 15.2. The van der Waals surface area contributed by atoms with Crippen molar-refractivity contribution in [3.8, 4) is 5.75 Å². The second kappa shape index (κ2) is 7.57. The van der Waals surface area contributed by atoms with Crippen LogP contribution in [0.2, 0.25) is 0 Å². The van der Waals surface area contributed by atoms with E-state index in [0.29, 0.717) is 12.6 Å². The van der Waals surface area contributed by atoms with Gasteiger partial charge in [0, 0.05) is 23.7 Å². The lowest BCUT2D eigenvalue weighted by Crippen LogP contribution is -2.23. The fraction of sp³-hybridized carbons (Fsp3) is 0.471. The zero-order valence-electron chi connectivity index (χ0n) is 13.3. The lowest BCUT2D eigenvalue weighted by molar-refractivity contribution is 0.303.